The standard InChI is InChI=1S/C17H18BrNO/c1-3-4-17(13-5-7-14(18)8-6-13)19-15-9-11-16(20-2)12-10-15/h3,5-12,17,19H,1,4H2,2H3/t17-/m0/s1. The third-order valence-corrected chi connectivity index (χ3v) is 3.63. The van der Waals surface area contributed by atoms with Gasteiger partial charge < -0.3 is 10.1 Å². The third-order valence-electron chi connectivity index (χ3n) is 3.11. The molecule has 0 fully saturated rings. The summed E-state index contributed by atoms with van der Waals surface area (Å²) in [6.07, 6.45) is 2.80. The Bertz CT molecular complexity index is 548. The maximum absolute atomic E-state index is 5.17. The lowest BCUT2D eigenvalue weighted by molar-refractivity contribution is 0.415. The minimum absolute atomic E-state index is 0.217. The Morgan fingerprint density at radius 2 is 1.80 bits per heavy atom. The maximum atomic E-state index is 5.17. The van der Waals surface area contributed by atoms with Crippen LogP contribution in [0.4, 0.5) is 5.69 Å². The predicted molar refractivity (Wildman–Crippen MR) is 88.3 cm³/mol. The SMILES string of the molecule is C=CC[C@H](Nc1ccc(OC)cc1)c1ccc(Br)cc1. The lowest BCUT2D eigenvalue weighted by Crippen LogP contribution is -2.09. The van der Waals surface area contributed by atoms with Crippen molar-refractivity contribution in [3.8, 4) is 5.75 Å². The number of hydrogen-bond acceptors (Lipinski definition) is 2. The summed E-state index contributed by atoms with van der Waals surface area (Å²) < 4.78 is 6.26. The molecule has 0 unspecified atom stereocenters. The molecule has 0 spiro atoms. The van der Waals surface area contributed by atoms with Crippen LogP contribution >= 0.6 is 15.9 Å². The van der Waals surface area contributed by atoms with Gasteiger partial charge in [0.1, 0.15) is 5.75 Å². The molecule has 0 bridgehead atoms. The number of halogens is 1. The zero-order chi connectivity index (χ0) is 14.4. The quantitative estimate of drug-likeness (QED) is 0.735. The van der Waals surface area contributed by atoms with Gasteiger partial charge in [0.15, 0.2) is 0 Å². The molecule has 0 aromatic heterocycles. The van der Waals surface area contributed by atoms with Gasteiger partial charge in [0, 0.05) is 10.2 Å². The van der Waals surface area contributed by atoms with Gasteiger partial charge in [0.2, 0.25) is 0 Å². The molecule has 3 heteroatoms. The Morgan fingerprint density at radius 3 is 2.35 bits per heavy atom. The molecule has 0 saturated heterocycles. The number of ether oxygens (including phenoxy) is 1. The molecular weight excluding hydrogens is 314 g/mol. The van der Waals surface area contributed by atoms with Crippen LogP contribution in [0.25, 0.3) is 0 Å². The van der Waals surface area contributed by atoms with Crippen LogP contribution in [0, 0.1) is 0 Å². The van der Waals surface area contributed by atoms with Crippen LogP contribution in [0.5, 0.6) is 5.75 Å². The Kier molecular flexibility index (Phi) is 5.24. The summed E-state index contributed by atoms with van der Waals surface area (Å²) in [7, 11) is 1.67. The predicted octanol–water partition coefficient (Wildman–Crippen LogP) is 5.19. The van der Waals surface area contributed by atoms with E-state index in [0.29, 0.717) is 0 Å². The van der Waals surface area contributed by atoms with E-state index in [-0.39, 0.29) is 6.04 Å². The second-order valence-electron chi connectivity index (χ2n) is 4.50. The monoisotopic (exact) mass is 331 g/mol. The van der Waals surface area contributed by atoms with E-state index in [1.54, 1.807) is 7.11 Å². The summed E-state index contributed by atoms with van der Waals surface area (Å²) in [5, 5.41) is 3.52. The van der Waals surface area contributed by atoms with Gasteiger partial charge in [-0.3, -0.25) is 0 Å². The minimum atomic E-state index is 0.217. The first-order valence-corrected chi connectivity index (χ1v) is 7.29. The Hall–Kier alpha value is -1.74. The zero-order valence-corrected chi connectivity index (χ0v) is 13.1. The Morgan fingerprint density at radius 1 is 1.15 bits per heavy atom. The number of anilines is 1. The van der Waals surface area contributed by atoms with Crippen molar-refractivity contribution in [1.82, 2.24) is 0 Å². The van der Waals surface area contributed by atoms with E-state index in [2.05, 4.69) is 52.1 Å². The first-order valence-electron chi connectivity index (χ1n) is 6.50. The van der Waals surface area contributed by atoms with E-state index < -0.39 is 0 Å². The van der Waals surface area contributed by atoms with Gasteiger partial charge in [-0.25, -0.2) is 0 Å². The molecule has 0 heterocycles. The van der Waals surface area contributed by atoms with Gasteiger partial charge in [-0.1, -0.05) is 34.1 Å². The number of methoxy groups -OCH3 is 1. The third kappa shape index (κ3) is 3.87. The van der Waals surface area contributed by atoms with Crippen LogP contribution in [0.2, 0.25) is 0 Å². The zero-order valence-electron chi connectivity index (χ0n) is 11.5. The van der Waals surface area contributed by atoms with Gasteiger partial charge in [0.05, 0.1) is 13.2 Å². The van der Waals surface area contributed by atoms with Crippen LogP contribution in [0.3, 0.4) is 0 Å². The maximum Gasteiger partial charge on any atom is 0.119 e. The molecule has 104 valence electrons. The van der Waals surface area contributed by atoms with E-state index in [9.17, 15) is 0 Å². The number of benzene rings is 2. The largest absolute Gasteiger partial charge is 0.497 e. The summed E-state index contributed by atoms with van der Waals surface area (Å²) in [6.45, 7) is 3.84. The number of hydrogen-bond donors (Lipinski definition) is 1. The fraction of sp³-hybridized carbons (Fsp3) is 0.176. The van der Waals surface area contributed by atoms with Crippen molar-refractivity contribution in [3.05, 3.63) is 71.2 Å². The van der Waals surface area contributed by atoms with E-state index in [1.807, 2.05) is 30.3 Å². The van der Waals surface area contributed by atoms with Crippen LogP contribution in [-0.2, 0) is 0 Å². The van der Waals surface area contributed by atoms with Crippen LogP contribution in [0.15, 0.2) is 65.7 Å². The highest BCUT2D eigenvalue weighted by molar-refractivity contribution is 9.10. The van der Waals surface area contributed by atoms with Crippen LogP contribution in [0.1, 0.15) is 18.0 Å². The second-order valence-corrected chi connectivity index (χ2v) is 5.42. The Labute approximate surface area is 128 Å². The van der Waals surface area contributed by atoms with Crippen molar-refractivity contribution in [1.29, 1.82) is 0 Å². The molecule has 0 amide bonds. The molecule has 0 saturated carbocycles. The molecule has 0 aliphatic carbocycles. The summed E-state index contributed by atoms with van der Waals surface area (Å²) >= 11 is 3.46. The van der Waals surface area contributed by atoms with Crippen molar-refractivity contribution in [3.63, 3.8) is 0 Å². The molecule has 20 heavy (non-hydrogen) atoms. The molecular formula is C17H18BrNO. The fourth-order valence-electron chi connectivity index (χ4n) is 2.03. The van der Waals surface area contributed by atoms with Crippen LogP contribution < -0.4 is 10.1 Å². The van der Waals surface area contributed by atoms with Gasteiger partial charge in [0.25, 0.3) is 0 Å². The second kappa shape index (κ2) is 7.15. The van der Waals surface area contributed by atoms with Crippen molar-refractivity contribution in [2.24, 2.45) is 0 Å². The van der Waals surface area contributed by atoms with Crippen molar-refractivity contribution in [2.75, 3.05) is 12.4 Å². The van der Waals surface area contributed by atoms with E-state index in [0.717, 1.165) is 22.3 Å². The van der Waals surface area contributed by atoms with Gasteiger partial charge >= 0.3 is 0 Å². The van der Waals surface area contributed by atoms with Crippen molar-refractivity contribution >= 4 is 21.6 Å². The summed E-state index contributed by atoms with van der Waals surface area (Å²) in [5.74, 6) is 0.861. The molecule has 0 aliphatic heterocycles. The normalized spacial score (nSPS) is 11.7. The van der Waals surface area contributed by atoms with Gasteiger partial charge in [-0.2, -0.15) is 0 Å². The van der Waals surface area contributed by atoms with Crippen molar-refractivity contribution in [2.45, 2.75) is 12.5 Å². The van der Waals surface area contributed by atoms with Gasteiger partial charge in [-0.15, -0.1) is 6.58 Å². The van der Waals surface area contributed by atoms with E-state index in [1.165, 1.54) is 5.56 Å². The van der Waals surface area contributed by atoms with E-state index in [4.69, 9.17) is 4.74 Å². The van der Waals surface area contributed by atoms with Crippen LogP contribution in [-0.4, -0.2) is 7.11 Å². The average molecular weight is 332 g/mol. The molecule has 2 rings (SSSR count). The summed E-state index contributed by atoms with van der Waals surface area (Å²) in [6, 6.07) is 16.5. The number of rotatable bonds is 6. The average Bonchev–Trinajstić information content (AvgIpc) is 2.48. The lowest BCUT2D eigenvalue weighted by Gasteiger charge is -2.19. The Balaban J connectivity index is 2.15. The summed E-state index contributed by atoms with van der Waals surface area (Å²) in [5.41, 5.74) is 2.31. The first-order chi connectivity index (χ1) is 9.72. The molecule has 1 N–H and O–H groups in total. The molecule has 0 aliphatic rings. The first kappa shape index (κ1) is 14.7. The van der Waals surface area contributed by atoms with E-state index >= 15 is 0 Å². The molecule has 2 nitrogen and oxygen atoms in total. The highest BCUT2D eigenvalue weighted by Gasteiger charge is 2.09. The molecule has 0 radical (unpaired) electrons. The highest BCUT2D eigenvalue weighted by Crippen LogP contribution is 2.25. The minimum Gasteiger partial charge on any atom is -0.497 e. The molecule has 2 aromatic carbocycles. The highest BCUT2D eigenvalue weighted by atomic mass is 79.9. The topological polar surface area (TPSA) is 21.3 Å². The molecule has 1 atom stereocenters. The molecule has 2 aromatic rings. The number of nitrogens with one attached hydrogen (secondary N) is 1. The fourth-order valence-corrected chi connectivity index (χ4v) is 2.29. The lowest BCUT2D eigenvalue weighted by atomic mass is 10.0. The van der Waals surface area contributed by atoms with Gasteiger partial charge in [-0.05, 0) is 48.4 Å². The summed E-state index contributed by atoms with van der Waals surface area (Å²) in [4.78, 5) is 0. The van der Waals surface area contributed by atoms with Crippen molar-refractivity contribution < 1.29 is 4.74 Å². The smallest absolute Gasteiger partial charge is 0.119 e.